The molecule has 10 heteroatoms. The Bertz CT molecular complexity index is 605. The lowest BCUT2D eigenvalue weighted by Gasteiger charge is -2.25. The van der Waals surface area contributed by atoms with E-state index in [1.54, 1.807) is 0 Å². The predicted octanol–water partition coefficient (Wildman–Crippen LogP) is 0.109. The van der Waals surface area contributed by atoms with E-state index in [4.69, 9.17) is 0 Å². The van der Waals surface area contributed by atoms with Gasteiger partial charge in [0.15, 0.2) is 4.60 Å². The van der Waals surface area contributed by atoms with Crippen LogP contribution in [0.4, 0.5) is 0 Å². The number of carbonyl (C=O) groups is 1. The third-order valence-electron chi connectivity index (χ3n) is 3.18. The zero-order valence-corrected chi connectivity index (χ0v) is 12.7. The first-order valence-corrected chi connectivity index (χ1v) is 7.78. The van der Waals surface area contributed by atoms with Gasteiger partial charge in [-0.05, 0) is 41.6 Å². The number of hydrogen-bond donors (Lipinski definition) is 2. The standard InChI is InChI=1S/C9H13BrN4O4S/c1-9(8(15)16,5-3-4-5)12-19(17,18)7-6(10)11-13-14(7)2/h5,12H,3-4H2,1-2H3,(H,15,16). The first-order valence-electron chi connectivity index (χ1n) is 5.51. The number of halogens is 1. The number of nitrogens with one attached hydrogen (secondary N) is 1. The number of hydrogen-bond acceptors (Lipinski definition) is 5. The van der Waals surface area contributed by atoms with Gasteiger partial charge in [-0.3, -0.25) is 4.79 Å². The topological polar surface area (TPSA) is 114 Å². The van der Waals surface area contributed by atoms with Crippen LogP contribution in [0.1, 0.15) is 19.8 Å². The summed E-state index contributed by atoms with van der Waals surface area (Å²) in [6.45, 7) is 1.38. The summed E-state index contributed by atoms with van der Waals surface area (Å²) in [5.41, 5.74) is -1.51. The largest absolute Gasteiger partial charge is 0.480 e. The highest BCUT2D eigenvalue weighted by molar-refractivity contribution is 9.10. The van der Waals surface area contributed by atoms with Crippen molar-refractivity contribution in [2.75, 3.05) is 0 Å². The second kappa shape index (κ2) is 4.53. The first kappa shape index (κ1) is 14.4. The minimum absolute atomic E-state index is 0.0473. The summed E-state index contributed by atoms with van der Waals surface area (Å²) in [6, 6.07) is 0. The molecule has 0 amide bonds. The van der Waals surface area contributed by atoms with Crippen LogP contribution in [-0.4, -0.2) is 40.0 Å². The third kappa shape index (κ3) is 2.51. The molecule has 0 aliphatic heterocycles. The fourth-order valence-corrected chi connectivity index (χ4v) is 4.42. The maximum Gasteiger partial charge on any atom is 0.324 e. The van der Waals surface area contributed by atoms with Gasteiger partial charge in [-0.2, -0.15) is 4.72 Å². The maximum atomic E-state index is 12.3. The molecule has 1 unspecified atom stereocenters. The van der Waals surface area contributed by atoms with Crippen molar-refractivity contribution in [1.82, 2.24) is 19.7 Å². The van der Waals surface area contributed by atoms with Gasteiger partial charge in [0.25, 0.3) is 10.0 Å². The van der Waals surface area contributed by atoms with E-state index >= 15 is 0 Å². The van der Waals surface area contributed by atoms with Gasteiger partial charge in [0, 0.05) is 7.05 Å². The van der Waals surface area contributed by atoms with Crippen LogP contribution in [0.5, 0.6) is 0 Å². The molecule has 1 saturated carbocycles. The van der Waals surface area contributed by atoms with Gasteiger partial charge >= 0.3 is 5.97 Å². The Morgan fingerprint density at radius 3 is 2.53 bits per heavy atom. The Labute approximate surface area is 118 Å². The average molecular weight is 353 g/mol. The predicted molar refractivity (Wildman–Crippen MR) is 67.8 cm³/mol. The monoisotopic (exact) mass is 352 g/mol. The molecule has 1 aliphatic carbocycles. The normalized spacial score (nSPS) is 19.1. The summed E-state index contributed by atoms with van der Waals surface area (Å²) in [5, 5.41) is 16.2. The van der Waals surface area contributed by atoms with E-state index in [1.807, 2.05) is 0 Å². The molecule has 0 aromatic carbocycles. The number of sulfonamides is 1. The van der Waals surface area contributed by atoms with Crippen LogP contribution in [0.2, 0.25) is 0 Å². The molecule has 106 valence electrons. The highest BCUT2D eigenvalue weighted by Gasteiger charge is 2.50. The molecule has 1 aromatic rings. The highest BCUT2D eigenvalue weighted by Crippen LogP contribution is 2.40. The van der Waals surface area contributed by atoms with Crippen molar-refractivity contribution in [2.45, 2.75) is 30.3 Å². The highest BCUT2D eigenvalue weighted by atomic mass is 79.9. The van der Waals surface area contributed by atoms with Crippen LogP contribution in [0, 0.1) is 5.92 Å². The molecular weight excluding hydrogens is 340 g/mol. The van der Waals surface area contributed by atoms with Crippen molar-refractivity contribution in [3.8, 4) is 0 Å². The molecule has 1 fully saturated rings. The quantitative estimate of drug-likeness (QED) is 0.777. The van der Waals surface area contributed by atoms with Gasteiger partial charge < -0.3 is 5.11 Å². The van der Waals surface area contributed by atoms with Crippen LogP contribution in [0.25, 0.3) is 0 Å². The van der Waals surface area contributed by atoms with E-state index in [0.717, 1.165) is 4.68 Å². The van der Waals surface area contributed by atoms with E-state index in [1.165, 1.54) is 14.0 Å². The minimum atomic E-state index is -4.03. The lowest BCUT2D eigenvalue weighted by Crippen LogP contribution is -2.54. The van der Waals surface area contributed by atoms with Gasteiger partial charge in [-0.25, -0.2) is 13.1 Å². The molecule has 0 saturated heterocycles. The molecule has 1 aliphatic rings. The SMILES string of the molecule is Cn1nnc(Br)c1S(=O)(=O)NC(C)(C(=O)O)C1CC1. The van der Waals surface area contributed by atoms with Gasteiger partial charge in [0.1, 0.15) is 5.54 Å². The molecule has 0 bridgehead atoms. The Morgan fingerprint density at radius 2 is 2.16 bits per heavy atom. The molecule has 1 aromatic heterocycles. The second-order valence-corrected chi connectivity index (χ2v) is 7.05. The third-order valence-corrected chi connectivity index (χ3v) is 5.63. The smallest absolute Gasteiger partial charge is 0.324 e. The number of aromatic nitrogens is 3. The number of carboxylic acid groups (broad SMARTS) is 1. The zero-order chi connectivity index (χ0) is 14.4. The lowest BCUT2D eigenvalue weighted by atomic mass is 9.98. The second-order valence-electron chi connectivity index (χ2n) is 4.70. The van der Waals surface area contributed by atoms with E-state index in [-0.39, 0.29) is 15.5 Å². The summed E-state index contributed by atoms with van der Waals surface area (Å²) < 4.78 is 27.9. The van der Waals surface area contributed by atoms with Gasteiger partial charge in [0.2, 0.25) is 5.03 Å². The molecule has 0 radical (unpaired) electrons. The number of aryl methyl sites for hydroxylation is 1. The van der Waals surface area contributed by atoms with Gasteiger partial charge in [-0.1, -0.05) is 5.21 Å². The summed E-state index contributed by atoms with van der Waals surface area (Å²) in [6.07, 6.45) is 1.38. The van der Waals surface area contributed by atoms with Crippen LogP contribution in [-0.2, 0) is 21.9 Å². The Hall–Kier alpha value is -1.00. The van der Waals surface area contributed by atoms with Gasteiger partial charge in [-0.15, -0.1) is 5.10 Å². The number of nitrogens with zero attached hydrogens (tertiary/aromatic N) is 3. The molecule has 2 rings (SSSR count). The average Bonchev–Trinajstić information content (AvgIpc) is 3.04. The molecule has 2 N–H and O–H groups in total. The fourth-order valence-electron chi connectivity index (χ4n) is 1.90. The van der Waals surface area contributed by atoms with Crippen LogP contribution in [0.3, 0.4) is 0 Å². The van der Waals surface area contributed by atoms with Crippen molar-refractivity contribution < 1.29 is 18.3 Å². The number of rotatable bonds is 5. The number of carboxylic acids is 1. The van der Waals surface area contributed by atoms with Crippen LogP contribution >= 0.6 is 15.9 Å². The van der Waals surface area contributed by atoms with Crippen LogP contribution in [0.15, 0.2) is 9.63 Å². The van der Waals surface area contributed by atoms with E-state index < -0.39 is 21.5 Å². The summed E-state index contributed by atoms with van der Waals surface area (Å²) in [5.74, 6) is -1.38. The Kier molecular flexibility index (Phi) is 3.43. The summed E-state index contributed by atoms with van der Waals surface area (Å²) in [4.78, 5) is 11.3. The van der Waals surface area contributed by atoms with Crippen molar-refractivity contribution in [2.24, 2.45) is 13.0 Å². The van der Waals surface area contributed by atoms with Crippen molar-refractivity contribution in [1.29, 1.82) is 0 Å². The van der Waals surface area contributed by atoms with E-state index in [0.29, 0.717) is 12.8 Å². The van der Waals surface area contributed by atoms with Crippen molar-refractivity contribution in [3.05, 3.63) is 4.60 Å². The molecule has 19 heavy (non-hydrogen) atoms. The molecule has 0 spiro atoms. The lowest BCUT2D eigenvalue weighted by molar-refractivity contribution is -0.144. The fraction of sp³-hybridized carbons (Fsp3) is 0.667. The first-order chi connectivity index (χ1) is 8.68. The maximum absolute atomic E-state index is 12.3. The zero-order valence-electron chi connectivity index (χ0n) is 10.3. The van der Waals surface area contributed by atoms with Crippen molar-refractivity contribution in [3.63, 3.8) is 0 Å². The number of aliphatic carboxylic acids is 1. The Balaban J connectivity index is 2.39. The molecule has 1 heterocycles. The molecule has 8 nitrogen and oxygen atoms in total. The Morgan fingerprint density at radius 1 is 1.58 bits per heavy atom. The van der Waals surface area contributed by atoms with Gasteiger partial charge in [0.05, 0.1) is 0 Å². The molecular formula is C9H13BrN4O4S. The molecule has 1 atom stereocenters. The van der Waals surface area contributed by atoms with E-state index in [9.17, 15) is 18.3 Å². The summed E-state index contributed by atoms with van der Waals surface area (Å²) in [7, 11) is -2.61. The van der Waals surface area contributed by atoms with Crippen LogP contribution < -0.4 is 4.72 Å². The van der Waals surface area contributed by atoms with Crippen molar-refractivity contribution >= 4 is 31.9 Å². The van der Waals surface area contributed by atoms with E-state index in [2.05, 4.69) is 31.0 Å². The minimum Gasteiger partial charge on any atom is -0.480 e. The summed E-state index contributed by atoms with van der Waals surface area (Å²) >= 11 is 2.99.